The molecule has 1 aliphatic rings. The molecule has 9 heteroatoms. The molecule has 4 heterocycles. The van der Waals surface area contributed by atoms with E-state index >= 15 is 0 Å². The van der Waals surface area contributed by atoms with Gasteiger partial charge in [-0.05, 0) is 19.8 Å². The third-order valence-electron chi connectivity index (χ3n) is 4.71. The molecular formula is C17H22N8O. The average molecular weight is 354 g/mol. The first-order valence-corrected chi connectivity index (χ1v) is 8.88. The lowest BCUT2D eigenvalue weighted by Crippen LogP contribution is -2.43. The number of fused-ring (bicyclic) bond motifs is 1. The van der Waals surface area contributed by atoms with Crippen molar-refractivity contribution < 1.29 is 0 Å². The van der Waals surface area contributed by atoms with Crippen molar-refractivity contribution in [1.82, 2.24) is 35.2 Å². The summed E-state index contributed by atoms with van der Waals surface area (Å²) in [4.78, 5) is 36.8. The zero-order valence-corrected chi connectivity index (χ0v) is 14.7. The van der Waals surface area contributed by atoms with Gasteiger partial charge in [0.05, 0.1) is 6.33 Å². The van der Waals surface area contributed by atoms with Crippen LogP contribution in [0.3, 0.4) is 0 Å². The standard InChI is InChI=1S/C17H22N8O/c1-11-8-14(26)24-13(23-11)2-5-18-12-3-6-25(7-4-12)17-15-16(20-9-19-15)21-10-22-17/h8-10,12,18H,2-7H2,1H3,(H,23,24,26)(H,19,20,21,22). The zero-order valence-electron chi connectivity index (χ0n) is 14.7. The van der Waals surface area contributed by atoms with E-state index in [9.17, 15) is 4.79 Å². The summed E-state index contributed by atoms with van der Waals surface area (Å²) in [7, 11) is 0. The molecule has 136 valence electrons. The Kier molecular flexibility index (Phi) is 4.61. The Morgan fingerprint density at radius 2 is 2.12 bits per heavy atom. The Morgan fingerprint density at radius 3 is 2.92 bits per heavy atom. The molecule has 0 radical (unpaired) electrons. The van der Waals surface area contributed by atoms with Crippen LogP contribution in [0.4, 0.5) is 5.82 Å². The Hall–Kier alpha value is -2.81. The molecule has 9 nitrogen and oxygen atoms in total. The van der Waals surface area contributed by atoms with Crippen molar-refractivity contribution in [2.45, 2.75) is 32.2 Å². The van der Waals surface area contributed by atoms with E-state index in [2.05, 4.69) is 40.1 Å². The number of piperidine rings is 1. The smallest absolute Gasteiger partial charge is 0.251 e. The van der Waals surface area contributed by atoms with Gasteiger partial charge in [0.25, 0.3) is 5.56 Å². The summed E-state index contributed by atoms with van der Waals surface area (Å²) in [5, 5.41) is 3.57. The SMILES string of the molecule is Cc1cc(=O)[nH]c(CCNC2CCN(c3ncnc4nc[nH]c34)CC2)n1. The van der Waals surface area contributed by atoms with E-state index in [1.165, 1.54) is 6.07 Å². The number of H-pyrrole nitrogens is 2. The lowest BCUT2D eigenvalue weighted by atomic mass is 10.0. The molecule has 0 saturated carbocycles. The van der Waals surface area contributed by atoms with Crippen LogP contribution in [0.1, 0.15) is 24.4 Å². The summed E-state index contributed by atoms with van der Waals surface area (Å²) in [5.41, 5.74) is 2.27. The van der Waals surface area contributed by atoms with Gasteiger partial charge in [0.1, 0.15) is 17.7 Å². The number of rotatable bonds is 5. The van der Waals surface area contributed by atoms with E-state index in [1.54, 1.807) is 12.7 Å². The maximum atomic E-state index is 11.5. The fourth-order valence-electron chi connectivity index (χ4n) is 3.44. The Morgan fingerprint density at radius 1 is 1.27 bits per heavy atom. The number of anilines is 1. The number of nitrogens with zero attached hydrogens (tertiary/aromatic N) is 5. The van der Waals surface area contributed by atoms with Gasteiger partial charge >= 0.3 is 0 Å². The molecule has 1 fully saturated rings. The van der Waals surface area contributed by atoms with Gasteiger partial charge in [0.2, 0.25) is 0 Å². The molecule has 0 aromatic carbocycles. The monoisotopic (exact) mass is 354 g/mol. The Balaban J connectivity index is 1.30. The Bertz CT molecular complexity index is 941. The second-order valence-corrected chi connectivity index (χ2v) is 6.60. The highest BCUT2D eigenvalue weighted by atomic mass is 16.1. The molecule has 0 spiro atoms. The van der Waals surface area contributed by atoms with Gasteiger partial charge in [-0.2, -0.15) is 0 Å². The fourth-order valence-corrected chi connectivity index (χ4v) is 3.44. The van der Waals surface area contributed by atoms with E-state index in [4.69, 9.17) is 0 Å². The van der Waals surface area contributed by atoms with E-state index < -0.39 is 0 Å². The summed E-state index contributed by atoms with van der Waals surface area (Å²) in [6.07, 6.45) is 6.02. The third-order valence-corrected chi connectivity index (χ3v) is 4.71. The lowest BCUT2D eigenvalue weighted by molar-refractivity contribution is 0.415. The van der Waals surface area contributed by atoms with Crippen LogP contribution in [-0.2, 0) is 6.42 Å². The number of aromatic nitrogens is 6. The van der Waals surface area contributed by atoms with Crippen LogP contribution in [0.2, 0.25) is 0 Å². The maximum Gasteiger partial charge on any atom is 0.251 e. The van der Waals surface area contributed by atoms with Crippen molar-refractivity contribution in [2.75, 3.05) is 24.5 Å². The predicted molar refractivity (Wildman–Crippen MR) is 98.2 cm³/mol. The first-order chi connectivity index (χ1) is 12.7. The molecule has 3 N–H and O–H groups in total. The second-order valence-electron chi connectivity index (χ2n) is 6.60. The minimum atomic E-state index is -0.0872. The zero-order chi connectivity index (χ0) is 17.9. The molecule has 0 atom stereocenters. The highest BCUT2D eigenvalue weighted by molar-refractivity contribution is 5.82. The second kappa shape index (κ2) is 7.20. The van der Waals surface area contributed by atoms with Crippen molar-refractivity contribution in [3.63, 3.8) is 0 Å². The highest BCUT2D eigenvalue weighted by Gasteiger charge is 2.22. The first-order valence-electron chi connectivity index (χ1n) is 8.88. The van der Waals surface area contributed by atoms with E-state index in [0.29, 0.717) is 11.7 Å². The number of imidazole rings is 1. The first kappa shape index (κ1) is 16.6. The van der Waals surface area contributed by atoms with Crippen molar-refractivity contribution in [3.8, 4) is 0 Å². The van der Waals surface area contributed by atoms with Crippen molar-refractivity contribution in [1.29, 1.82) is 0 Å². The van der Waals surface area contributed by atoms with Crippen LogP contribution in [-0.4, -0.2) is 55.6 Å². The topological polar surface area (TPSA) is 115 Å². The highest BCUT2D eigenvalue weighted by Crippen LogP contribution is 2.23. The molecule has 0 bridgehead atoms. The van der Waals surface area contributed by atoms with Crippen LogP contribution in [0, 0.1) is 6.92 Å². The van der Waals surface area contributed by atoms with Gasteiger partial charge in [-0.15, -0.1) is 0 Å². The van der Waals surface area contributed by atoms with Crippen molar-refractivity contribution in [2.24, 2.45) is 0 Å². The van der Waals surface area contributed by atoms with Crippen molar-refractivity contribution in [3.05, 3.63) is 40.6 Å². The van der Waals surface area contributed by atoms with Crippen molar-refractivity contribution >= 4 is 17.0 Å². The average Bonchev–Trinajstić information content (AvgIpc) is 3.10. The third kappa shape index (κ3) is 3.57. The lowest BCUT2D eigenvalue weighted by Gasteiger charge is -2.33. The van der Waals surface area contributed by atoms with Gasteiger partial charge in [-0.1, -0.05) is 0 Å². The summed E-state index contributed by atoms with van der Waals surface area (Å²) in [5.74, 6) is 1.66. The number of aryl methyl sites for hydroxylation is 1. The number of hydrogen-bond donors (Lipinski definition) is 3. The van der Waals surface area contributed by atoms with Gasteiger partial charge in [-0.25, -0.2) is 19.9 Å². The van der Waals surface area contributed by atoms with Crippen LogP contribution in [0.15, 0.2) is 23.5 Å². The summed E-state index contributed by atoms with van der Waals surface area (Å²) < 4.78 is 0. The minimum Gasteiger partial charge on any atom is -0.355 e. The minimum absolute atomic E-state index is 0.0872. The molecule has 4 rings (SSSR count). The van der Waals surface area contributed by atoms with Gasteiger partial charge in [0, 0.05) is 43.9 Å². The largest absolute Gasteiger partial charge is 0.355 e. The summed E-state index contributed by atoms with van der Waals surface area (Å²) >= 11 is 0. The number of aromatic amines is 2. The number of nitrogens with one attached hydrogen (secondary N) is 3. The predicted octanol–water partition coefficient (Wildman–Crippen LogP) is 0.546. The van der Waals surface area contributed by atoms with Crippen LogP contribution < -0.4 is 15.8 Å². The summed E-state index contributed by atoms with van der Waals surface area (Å²) in [6.45, 7) is 4.51. The molecule has 0 amide bonds. The van der Waals surface area contributed by atoms with Crippen LogP contribution in [0.25, 0.3) is 11.2 Å². The molecule has 3 aromatic rings. The molecule has 0 unspecified atom stereocenters. The molecule has 1 aliphatic heterocycles. The quantitative estimate of drug-likeness (QED) is 0.612. The van der Waals surface area contributed by atoms with Gasteiger partial charge in [0.15, 0.2) is 11.5 Å². The van der Waals surface area contributed by atoms with Gasteiger partial charge < -0.3 is 20.2 Å². The van der Waals surface area contributed by atoms with E-state index in [1.807, 2.05) is 6.92 Å². The molecule has 0 aliphatic carbocycles. The fraction of sp³-hybridized carbons (Fsp3) is 0.471. The van der Waals surface area contributed by atoms with E-state index in [0.717, 1.165) is 61.7 Å². The molecule has 3 aromatic heterocycles. The molecular weight excluding hydrogens is 332 g/mol. The maximum absolute atomic E-state index is 11.5. The summed E-state index contributed by atoms with van der Waals surface area (Å²) in [6, 6.07) is 1.97. The normalized spacial score (nSPS) is 15.7. The van der Waals surface area contributed by atoms with Crippen LogP contribution in [0.5, 0.6) is 0 Å². The number of hydrogen-bond acceptors (Lipinski definition) is 7. The molecule has 1 saturated heterocycles. The molecule has 26 heavy (non-hydrogen) atoms. The van der Waals surface area contributed by atoms with Gasteiger partial charge in [-0.3, -0.25) is 4.79 Å². The Labute approximate surface area is 150 Å². The van der Waals surface area contributed by atoms with E-state index in [-0.39, 0.29) is 5.56 Å². The van der Waals surface area contributed by atoms with Crippen LogP contribution >= 0.6 is 0 Å².